The number of amides is 1. The fraction of sp³-hybridized carbons (Fsp3) is 0.500. The summed E-state index contributed by atoms with van der Waals surface area (Å²) in [6.07, 6.45) is -6.74. The summed E-state index contributed by atoms with van der Waals surface area (Å²) in [5, 5.41) is 16.3. The van der Waals surface area contributed by atoms with Gasteiger partial charge in [-0.05, 0) is 0 Å². The zero-order valence-electron chi connectivity index (χ0n) is 10.5. The zero-order valence-corrected chi connectivity index (χ0v) is 11.2. The predicted molar refractivity (Wildman–Crippen MR) is 63.4 cm³/mol. The molecule has 0 saturated heterocycles. The lowest BCUT2D eigenvalue weighted by Crippen LogP contribution is -2.52. The summed E-state index contributed by atoms with van der Waals surface area (Å²) in [5.41, 5.74) is -4.50. The number of alkyl halides is 4. The van der Waals surface area contributed by atoms with Crippen LogP contribution in [0, 0.1) is 0 Å². The SMILES string of the molecule is Cn1ncc(Cl)c1C(=O)N1N=C(C(F)F)C[C@@]1(O)C(F)F. The van der Waals surface area contributed by atoms with Crippen molar-refractivity contribution >= 4 is 23.2 Å². The number of hydrazone groups is 1. The minimum absolute atomic E-state index is 0.0674. The highest BCUT2D eigenvalue weighted by atomic mass is 35.5. The Balaban J connectivity index is 2.46. The number of aryl methyl sites for hydroxylation is 1. The van der Waals surface area contributed by atoms with Crippen LogP contribution in [0.25, 0.3) is 0 Å². The highest BCUT2D eigenvalue weighted by molar-refractivity contribution is 6.33. The molecule has 2 rings (SSSR count). The molecule has 1 aromatic rings. The quantitative estimate of drug-likeness (QED) is 0.855. The molecule has 1 N–H and O–H groups in total. The van der Waals surface area contributed by atoms with Crippen molar-refractivity contribution < 1.29 is 27.5 Å². The van der Waals surface area contributed by atoms with E-state index < -0.39 is 36.6 Å². The molecule has 0 saturated carbocycles. The van der Waals surface area contributed by atoms with Crippen LogP contribution in [0.3, 0.4) is 0 Å². The Bertz CT molecular complexity index is 586. The molecule has 0 aromatic carbocycles. The first-order valence-corrected chi connectivity index (χ1v) is 5.94. The minimum atomic E-state index is -3.49. The van der Waals surface area contributed by atoms with E-state index in [9.17, 15) is 27.5 Å². The van der Waals surface area contributed by atoms with Gasteiger partial charge in [-0.3, -0.25) is 9.48 Å². The molecule has 116 valence electrons. The highest BCUT2D eigenvalue weighted by Gasteiger charge is 2.54. The van der Waals surface area contributed by atoms with Crippen molar-refractivity contribution in [3.05, 3.63) is 16.9 Å². The van der Waals surface area contributed by atoms with Crippen LogP contribution in [0.4, 0.5) is 17.6 Å². The van der Waals surface area contributed by atoms with Gasteiger partial charge in [0.15, 0.2) is 0 Å². The van der Waals surface area contributed by atoms with Gasteiger partial charge in [-0.1, -0.05) is 11.6 Å². The van der Waals surface area contributed by atoms with Gasteiger partial charge in [0.2, 0.25) is 5.72 Å². The molecule has 11 heteroatoms. The molecule has 0 radical (unpaired) electrons. The molecular formula is C10H9ClF4N4O2. The predicted octanol–water partition coefficient (Wildman–Crippen LogP) is 1.49. The van der Waals surface area contributed by atoms with E-state index in [0.29, 0.717) is 0 Å². The van der Waals surface area contributed by atoms with Crippen molar-refractivity contribution in [2.24, 2.45) is 12.1 Å². The van der Waals surface area contributed by atoms with Gasteiger partial charge in [0, 0.05) is 13.5 Å². The maximum absolute atomic E-state index is 13.0. The first-order chi connectivity index (χ1) is 9.68. The smallest absolute Gasteiger partial charge is 0.296 e. The van der Waals surface area contributed by atoms with Gasteiger partial charge in [0.25, 0.3) is 18.8 Å². The van der Waals surface area contributed by atoms with Crippen molar-refractivity contribution in [3.8, 4) is 0 Å². The standard InChI is InChI=1S/C10H9ClF4N4O2/c1-18-6(4(11)3-16-18)8(20)19-10(21,9(14)15)2-5(17-19)7(12)13/h3,7,9,21H,2H2,1H3/t10-/m1/s1. The summed E-state index contributed by atoms with van der Waals surface area (Å²) < 4.78 is 52.2. The molecule has 1 atom stereocenters. The van der Waals surface area contributed by atoms with Gasteiger partial charge in [0.1, 0.15) is 11.4 Å². The number of halogens is 5. The third kappa shape index (κ3) is 2.48. The number of aliphatic hydroxyl groups is 1. The second kappa shape index (κ2) is 5.26. The van der Waals surface area contributed by atoms with Crippen LogP contribution in [0.1, 0.15) is 16.9 Å². The van der Waals surface area contributed by atoms with E-state index in [1.165, 1.54) is 7.05 Å². The second-order valence-electron chi connectivity index (χ2n) is 4.33. The zero-order chi connectivity index (χ0) is 15.9. The average molecular weight is 329 g/mol. The van der Waals surface area contributed by atoms with E-state index >= 15 is 0 Å². The molecular weight excluding hydrogens is 320 g/mol. The fourth-order valence-electron chi connectivity index (χ4n) is 1.86. The lowest BCUT2D eigenvalue weighted by atomic mass is 10.1. The number of rotatable bonds is 3. The number of aromatic nitrogens is 2. The first kappa shape index (κ1) is 15.7. The Hall–Kier alpha value is -1.68. The summed E-state index contributed by atoms with van der Waals surface area (Å²) in [5.74, 6) is -1.25. The Kier molecular flexibility index (Phi) is 3.93. The molecule has 0 spiro atoms. The lowest BCUT2D eigenvalue weighted by molar-refractivity contribution is -0.164. The second-order valence-corrected chi connectivity index (χ2v) is 4.74. The normalized spacial score (nSPS) is 22.3. The van der Waals surface area contributed by atoms with Gasteiger partial charge < -0.3 is 5.11 Å². The number of hydrogen-bond acceptors (Lipinski definition) is 4. The van der Waals surface area contributed by atoms with E-state index in [1.54, 1.807) is 0 Å². The van der Waals surface area contributed by atoms with Gasteiger partial charge in [-0.15, -0.1) is 0 Å². The maximum atomic E-state index is 13.0. The molecule has 1 aliphatic rings. The maximum Gasteiger partial charge on any atom is 0.296 e. The molecule has 0 bridgehead atoms. The van der Waals surface area contributed by atoms with Gasteiger partial charge >= 0.3 is 0 Å². The van der Waals surface area contributed by atoms with Crippen LogP contribution in [0.2, 0.25) is 5.02 Å². The van der Waals surface area contributed by atoms with Crippen molar-refractivity contribution in [2.45, 2.75) is 25.0 Å². The van der Waals surface area contributed by atoms with E-state index in [0.717, 1.165) is 10.9 Å². The molecule has 0 unspecified atom stereocenters. The molecule has 2 heterocycles. The molecule has 0 fully saturated rings. The summed E-state index contributed by atoms with van der Waals surface area (Å²) in [6, 6.07) is 0. The number of nitrogens with zero attached hydrogens (tertiary/aromatic N) is 4. The van der Waals surface area contributed by atoms with Gasteiger partial charge in [-0.2, -0.15) is 15.2 Å². The summed E-state index contributed by atoms with van der Waals surface area (Å²) in [7, 11) is 1.30. The molecule has 1 aromatic heterocycles. The largest absolute Gasteiger partial charge is 0.364 e. The molecule has 0 aliphatic carbocycles. The molecule has 1 aliphatic heterocycles. The summed E-state index contributed by atoms with van der Waals surface area (Å²) >= 11 is 5.69. The van der Waals surface area contributed by atoms with Crippen LogP contribution in [-0.2, 0) is 7.05 Å². The Morgan fingerprint density at radius 3 is 2.52 bits per heavy atom. The highest BCUT2D eigenvalue weighted by Crippen LogP contribution is 2.34. The Labute approximate surface area is 120 Å². The van der Waals surface area contributed by atoms with E-state index in [-0.39, 0.29) is 15.7 Å². The molecule has 6 nitrogen and oxygen atoms in total. The average Bonchev–Trinajstić information content (AvgIpc) is 2.91. The van der Waals surface area contributed by atoms with Crippen LogP contribution in [0.5, 0.6) is 0 Å². The van der Waals surface area contributed by atoms with Crippen LogP contribution in [-0.4, -0.2) is 50.1 Å². The Morgan fingerprint density at radius 1 is 1.48 bits per heavy atom. The number of carbonyl (C=O) groups excluding carboxylic acids is 1. The monoisotopic (exact) mass is 328 g/mol. The number of hydrogen-bond donors (Lipinski definition) is 1. The van der Waals surface area contributed by atoms with Crippen LogP contribution >= 0.6 is 11.6 Å². The van der Waals surface area contributed by atoms with E-state index in [2.05, 4.69) is 10.2 Å². The molecule has 1 amide bonds. The third-order valence-corrected chi connectivity index (χ3v) is 3.20. The van der Waals surface area contributed by atoms with Crippen molar-refractivity contribution in [1.82, 2.24) is 14.8 Å². The van der Waals surface area contributed by atoms with Crippen molar-refractivity contribution in [2.75, 3.05) is 0 Å². The van der Waals surface area contributed by atoms with Crippen LogP contribution < -0.4 is 0 Å². The minimum Gasteiger partial charge on any atom is -0.364 e. The summed E-state index contributed by atoms with van der Waals surface area (Å²) in [4.78, 5) is 12.2. The van der Waals surface area contributed by atoms with Crippen molar-refractivity contribution in [3.63, 3.8) is 0 Å². The van der Waals surface area contributed by atoms with Crippen LogP contribution in [0.15, 0.2) is 11.3 Å². The lowest BCUT2D eigenvalue weighted by Gasteiger charge is -2.29. The Morgan fingerprint density at radius 2 is 2.10 bits per heavy atom. The number of carbonyl (C=O) groups is 1. The van der Waals surface area contributed by atoms with E-state index in [4.69, 9.17) is 11.6 Å². The third-order valence-electron chi connectivity index (χ3n) is 2.93. The topological polar surface area (TPSA) is 70.7 Å². The van der Waals surface area contributed by atoms with Gasteiger partial charge in [0.05, 0.1) is 11.2 Å². The first-order valence-electron chi connectivity index (χ1n) is 5.56. The summed E-state index contributed by atoms with van der Waals surface area (Å²) in [6.45, 7) is 0. The van der Waals surface area contributed by atoms with E-state index in [1.807, 2.05) is 0 Å². The van der Waals surface area contributed by atoms with Gasteiger partial charge in [-0.25, -0.2) is 17.6 Å². The van der Waals surface area contributed by atoms with Crippen molar-refractivity contribution in [1.29, 1.82) is 0 Å². The fourth-order valence-corrected chi connectivity index (χ4v) is 2.10. The molecule has 21 heavy (non-hydrogen) atoms.